The van der Waals surface area contributed by atoms with E-state index in [0.29, 0.717) is 5.92 Å². The van der Waals surface area contributed by atoms with Gasteiger partial charge in [0.05, 0.1) is 12.1 Å². The molecule has 18 heavy (non-hydrogen) atoms. The van der Waals surface area contributed by atoms with Crippen LogP contribution in [0.25, 0.3) is 0 Å². The van der Waals surface area contributed by atoms with Crippen molar-refractivity contribution in [2.45, 2.75) is 51.7 Å². The molecule has 4 heteroatoms. The summed E-state index contributed by atoms with van der Waals surface area (Å²) in [5.41, 5.74) is -0.293. The number of nitrogens with zero attached hydrogens (tertiary/aromatic N) is 1. The lowest BCUT2D eigenvalue weighted by Gasteiger charge is -2.50. The van der Waals surface area contributed by atoms with E-state index >= 15 is 0 Å². The zero-order valence-corrected chi connectivity index (χ0v) is 12.1. The van der Waals surface area contributed by atoms with Crippen LogP contribution in [0.1, 0.15) is 40.5 Å². The molecule has 1 atom stereocenters. The number of ether oxygens (including phenoxy) is 1. The summed E-state index contributed by atoms with van der Waals surface area (Å²) in [6.45, 7) is 11.5. The average molecular weight is 254 g/mol. The van der Waals surface area contributed by atoms with Gasteiger partial charge in [0.15, 0.2) is 0 Å². The van der Waals surface area contributed by atoms with Crippen LogP contribution in [0, 0.1) is 5.92 Å². The van der Waals surface area contributed by atoms with Gasteiger partial charge in [0.1, 0.15) is 6.61 Å². The highest BCUT2D eigenvalue weighted by Gasteiger charge is 2.44. The van der Waals surface area contributed by atoms with Gasteiger partial charge in [-0.3, -0.25) is 4.79 Å². The third-order valence-corrected chi connectivity index (χ3v) is 4.31. The Hall–Kier alpha value is -0.610. The number of carbonyl (C=O) groups excluding carboxylic acids is 1. The second-order valence-corrected chi connectivity index (χ2v) is 6.78. The molecule has 2 heterocycles. The van der Waals surface area contributed by atoms with Crippen molar-refractivity contribution >= 4 is 5.91 Å². The van der Waals surface area contributed by atoms with Crippen LogP contribution in [-0.4, -0.2) is 48.2 Å². The molecule has 0 aromatic heterocycles. The normalized spacial score (nSPS) is 31.8. The van der Waals surface area contributed by atoms with Gasteiger partial charge in [0.25, 0.3) is 0 Å². The molecule has 0 spiro atoms. The lowest BCUT2D eigenvalue weighted by molar-refractivity contribution is -0.180. The van der Waals surface area contributed by atoms with E-state index < -0.39 is 0 Å². The predicted octanol–water partition coefficient (Wildman–Crippen LogP) is 1.40. The number of carbonyl (C=O) groups is 1. The summed E-state index contributed by atoms with van der Waals surface area (Å²) >= 11 is 0. The number of rotatable bonds is 1. The predicted molar refractivity (Wildman–Crippen MR) is 71.4 cm³/mol. The summed E-state index contributed by atoms with van der Waals surface area (Å²) in [4.78, 5) is 14.0. The molecule has 0 bridgehead atoms. The molecule has 2 aliphatic heterocycles. The van der Waals surface area contributed by atoms with Crippen LogP contribution in [0.5, 0.6) is 0 Å². The molecule has 0 radical (unpaired) electrons. The van der Waals surface area contributed by atoms with Crippen LogP contribution >= 0.6 is 0 Å². The molecule has 1 amide bonds. The highest BCUT2D eigenvalue weighted by atomic mass is 16.5. The van der Waals surface area contributed by atoms with E-state index in [1.54, 1.807) is 0 Å². The molecular formula is C14H26N2O2. The first-order chi connectivity index (χ1) is 8.33. The van der Waals surface area contributed by atoms with E-state index in [-0.39, 0.29) is 23.7 Å². The van der Waals surface area contributed by atoms with E-state index in [1.165, 1.54) is 0 Å². The van der Waals surface area contributed by atoms with E-state index in [4.69, 9.17) is 4.74 Å². The van der Waals surface area contributed by atoms with Crippen LogP contribution in [0.3, 0.4) is 0 Å². The van der Waals surface area contributed by atoms with Crippen LogP contribution in [0.2, 0.25) is 0 Å². The first-order valence-corrected chi connectivity index (χ1v) is 6.98. The Balaban J connectivity index is 2.11. The number of hydrogen-bond donors (Lipinski definition) is 1. The Bertz CT molecular complexity index is 318. The van der Waals surface area contributed by atoms with Gasteiger partial charge in [0, 0.05) is 5.54 Å². The van der Waals surface area contributed by atoms with Gasteiger partial charge < -0.3 is 15.0 Å². The van der Waals surface area contributed by atoms with Gasteiger partial charge in [-0.05, 0) is 59.5 Å². The molecule has 1 unspecified atom stereocenters. The second-order valence-electron chi connectivity index (χ2n) is 6.78. The zero-order chi connectivity index (χ0) is 13.4. The number of amides is 1. The highest BCUT2D eigenvalue weighted by molar-refractivity contribution is 5.79. The zero-order valence-electron chi connectivity index (χ0n) is 12.1. The van der Waals surface area contributed by atoms with Gasteiger partial charge in [-0.15, -0.1) is 0 Å². The highest BCUT2D eigenvalue weighted by Crippen LogP contribution is 2.34. The van der Waals surface area contributed by atoms with Crippen molar-refractivity contribution in [3.05, 3.63) is 0 Å². The second kappa shape index (κ2) is 4.82. The Labute approximate surface area is 110 Å². The van der Waals surface area contributed by atoms with E-state index in [9.17, 15) is 4.79 Å². The summed E-state index contributed by atoms with van der Waals surface area (Å²) in [7, 11) is 0. The topological polar surface area (TPSA) is 41.6 Å². The van der Waals surface area contributed by atoms with Crippen LogP contribution in [0.4, 0.5) is 0 Å². The number of nitrogens with one attached hydrogen (secondary N) is 1. The maximum Gasteiger partial charge on any atom is 0.249 e. The quantitative estimate of drug-likeness (QED) is 0.769. The van der Waals surface area contributed by atoms with Crippen LogP contribution in [0.15, 0.2) is 0 Å². The first-order valence-electron chi connectivity index (χ1n) is 6.98. The van der Waals surface area contributed by atoms with Crippen molar-refractivity contribution in [1.82, 2.24) is 10.2 Å². The van der Waals surface area contributed by atoms with Crippen molar-refractivity contribution in [3.8, 4) is 0 Å². The van der Waals surface area contributed by atoms with Gasteiger partial charge in [-0.1, -0.05) is 0 Å². The standard InChI is InChI=1S/C14H26N2O2/c1-13(2,3)16-10-14(4,18-9-12(16)17)11-5-7-15-8-6-11/h11,15H,5-10H2,1-4H3. The molecule has 2 aliphatic rings. The smallest absolute Gasteiger partial charge is 0.249 e. The maximum atomic E-state index is 12.0. The molecular weight excluding hydrogens is 228 g/mol. The number of morpholine rings is 1. The lowest BCUT2D eigenvalue weighted by atomic mass is 9.80. The summed E-state index contributed by atoms with van der Waals surface area (Å²) in [5, 5.41) is 3.39. The Morgan fingerprint density at radius 2 is 1.94 bits per heavy atom. The van der Waals surface area contributed by atoms with E-state index in [2.05, 4.69) is 33.0 Å². The monoisotopic (exact) mass is 254 g/mol. The van der Waals surface area contributed by atoms with Crippen LogP contribution in [-0.2, 0) is 9.53 Å². The van der Waals surface area contributed by atoms with E-state index in [0.717, 1.165) is 32.5 Å². The minimum absolute atomic E-state index is 0.116. The summed E-state index contributed by atoms with van der Waals surface area (Å²) in [6, 6.07) is 0. The molecule has 0 aliphatic carbocycles. The molecule has 2 saturated heterocycles. The van der Waals surface area contributed by atoms with E-state index in [1.807, 2.05) is 4.90 Å². The van der Waals surface area contributed by atoms with Gasteiger partial charge in [-0.2, -0.15) is 0 Å². The fraction of sp³-hybridized carbons (Fsp3) is 0.929. The van der Waals surface area contributed by atoms with Gasteiger partial charge in [-0.25, -0.2) is 0 Å². The molecule has 1 N–H and O–H groups in total. The third kappa shape index (κ3) is 2.69. The molecule has 2 rings (SSSR count). The largest absolute Gasteiger partial charge is 0.363 e. The molecule has 2 fully saturated rings. The fourth-order valence-corrected chi connectivity index (χ4v) is 3.04. The molecule has 0 aromatic rings. The molecule has 0 saturated carbocycles. The summed E-state index contributed by atoms with van der Waals surface area (Å²) in [6.07, 6.45) is 2.28. The molecule has 4 nitrogen and oxygen atoms in total. The Kier molecular flexibility index (Phi) is 3.70. The maximum absolute atomic E-state index is 12.0. The van der Waals surface area contributed by atoms with Crippen molar-refractivity contribution < 1.29 is 9.53 Å². The van der Waals surface area contributed by atoms with Crippen molar-refractivity contribution in [2.75, 3.05) is 26.2 Å². The van der Waals surface area contributed by atoms with Crippen molar-refractivity contribution in [3.63, 3.8) is 0 Å². The summed E-state index contributed by atoms with van der Waals surface area (Å²) < 4.78 is 5.92. The van der Waals surface area contributed by atoms with Crippen molar-refractivity contribution in [1.29, 1.82) is 0 Å². The Morgan fingerprint density at radius 1 is 1.33 bits per heavy atom. The van der Waals surface area contributed by atoms with Crippen LogP contribution < -0.4 is 5.32 Å². The summed E-state index contributed by atoms with van der Waals surface area (Å²) in [5.74, 6) is 0.672. The SMILES string of the molecule is CC1(C2CCNCC2)CN(C(C)(C)C)C(=O)CO1. The van der Waals surface area contributed by atoms with Crippen molar-refractivity contribution in [2.24, 2.45) is 5.92 Å². The fourth-order valence-electron chi connectivity index (χ4n) is 3.04. The Morgan fingerprint density at radius 3 is 2.50 bits per heavy atom. The third-order valence-electron chi connectivity index (χ3n) is 4.31. The molecule has 104 valence electrons. The number of hydrogen-bond acceptors (Lipinski definition) is 3. The minimum atomic E-state index is -0.177. The molecule has 0 aromatic carbocycles. The van der Waals surface area contributed by atoms with Gasteiger partial charge in [0.2, 0.25) is 5.91 Å². The lowest BCUT2D eigenvalue weighted by Crippen LogP contribution is -2.62. The number of piperidine rings is 1. The minimum Gasteiger partial charge on any atom is -0.363 e. The first kappa shape index (κ1) is 13.8. The van der Waals surface area contributed by atoms with Gasteiger partial charge >= 0.3 is 0 Å². The average Bonchev–Trinajstić information content (AvgIpc) is 2.32.